The van der Waals surface area contributed by atoms with Crippen LogP contribution in [0.1, 0.15) is 29.8 Å². The first-order valence-corrected chi connectivity index (χ1v) is 4.57. The molecular formula is C10H13NO3. The van der Waals surface area contributed by atoms with Crippen molar-refractivity contribution in [1.82, 2.24) is 4.98 Å². The fourth-order valence-corrected chi connectivity index (χ4v) is 1.13. The van der Waals surface area contributed by atoms with Gasteiger partial charge in [0.1, 0.15) is 0 Å². The molecule has 4 nitrogen and oxygen atoms in total. The lowest BCUT2D eigenvalue weighted by Gasteiger charge is -2.02. The third-order valence-electron chi connectivity index (χ3n) is 1.87. The van der Waals surface area contributed by atoms with Crippen molar-refractivity contribution in [2.45, 2.75) is 20.3 Å². The van der Waals surface area contributed by atoms with Crippen molar-refractivity contribution in [3.63, 3.8) is 0 Å². The van der Waals surface area contributed by atoms with Crippen LogP contribution < -0.4 is 5.56 Å². The van der Waals surface area contributed by atoms with E-state index in [9.17, 15) is 9.59 Å². The molecule has 0 amide bonds. The summed E-state index contributed by atoms with van der Waals surface area (Å²) in [5.41, 5.74) is 0.833. The van der Waals surface area contributed by atoms with E-state index < -0.39 is 5.97 Å². The molecule has 4 heteroatoms. The molecule has 0 aromatic carbocycles. The summed E-state index contributed by atoms with van der Waals surface area (Å²) >= 11 is 0. The van der Waals surface area contributed by atoms with E-state index in [4.69, 9.17) is 4.74 Å². The number of rotatable bonds is 3. The van der Waals surface area contributed by atoms with E-state index in [-0.39, 0.29) is 5.56 Å². The van der Waals surface area contributed by atoms with Crippen LogP contribution >= 0.6 is 0 Å². The average molecular weight is 195 g/mol. The summed E-state index contributed by atoms with van der Waals surface area (Å²) in [6.45, 7) is 3.93. The molecule has 0 aliphatic rings. The molecule has 0 radical (unpaired) electrons. The Bertz CT molecular complexity index is 381. The van der Waals surface area contributed by atoms with E-state index in [1.165, 1.54) is 6.20 Å². The number of hydrogen-bond acceptors (Lipinski definition) is 3. The van der Waals surface area contributed by atoms with Crippen molar-refractivity contribution >= 4 is 5.97 Å². The molecule has 0 spiro atoms. The number of carbonyl (C=O) groups is 1. The zero-order valence-corrected chi connectivity index (χ0v) is 8.29. The standard InChI is InChI=1S/C10H13NO3/c1-3-7-5-8(6-11-9(7)12)10(13)14-4-2/h5-6H,3-4H2,1-2H3,(H,11,12). The maximum Gasteiger partial charge on any atom is 0.339 e. The number of hydrogen-bond donors (Lipinski definition) is 1. The van der Waals surface area contributed by atoms with Crippen LogP contribution in [0.4, 0.5) is 0 Å². The highest BCUT2D eigenvalue weighted by atomic mass is 16.5. The first kappa shape index (κ1) is 10.5. The summed E-state index contributed by atoms with van der Waals surface area (Å²) in [6.07, 6.45) is 1.97. The summed E-state index contributed by atoms with van der Waals surface area (Å²) in [7, 11) is 0. The highest BCUT2D eigenvalue weighted by Gasteiger charge is 2.08. The summed E-state index contributed by atoms with van der Waals surface area (Å²) < 4.78 is 4.81. The Hall–Kier alpha value is -1.58. The van der Waals surface area contributed by atoms with Gasteiger partial charge in [-0.15, -0.1) is 0 Å². The molecule has 76 valence electrons. The third kappa shape index (κ3) is 2.22. The molecule has 0 saturated heterocycles. The molecule has 1 aromatic heterocycles. The van der Waals surface area contributed by atoms with Gasteiger partial charge in [0.2, 0.25) is 0 Å². The van der Waals surface area contributed by atoms with Crippen molar-refractivity contribution in [3.05, 3.63) is 33.7 Å². The van der Waals surface area contributed by atoms with Crippen molar-refractivity contribution in [2.75, 3.05) is 6.61 Å². The minimum Gasteiger partial charge on any atom is -0.462 e. The van der Waals surface area contributed by atoms with Crippen LogP contribution in [-0.2, 0) is 11.2 Å². The normalized spacial score (nSPS) is 9.86. The number of carbonyl (C=O) groups excluding carboxylic acids is 1. The zero-order valence-electron chi connectivity index (χ0n) is 8.29. The van der Waals surface area contributed by atoms with Gasteiger partial charge >= 0.3 is 5.97 Å². The van der Waals surface area contributed by atoms with Crippen LogP contribution in [-0.4, -0.2) is 17.6 Å². The van der Waals surface area contributed by atoms with Gasteiger partial charge in [-0.3, -0.25) is 4.79 Å². The number of aromatic nitrogens is 1. The summed E-state index contributed by atoms with van der Waals surface area (Å²) in [6, 6.07) is 1.57. The van der Waals surface area contributed by atoms with Crippen LogP contribution in [0.2, 0.25) is 0 Å². The summed E-state index contributed by atoms with van der Waals surface area (Å²) in [4.78, 5) is 25.0. The number of esters is 1. The van der Waals surface area contributed by atoms with E-state index in [0.717, 1.165) is 0 Å². The number of pyridine rings is 1. The third-order valence-corrected chi connectivity index (χ3v) is 1.87. The minimum absolute atomic E-state index is 0.152. The number of aryl methyl sites for hydroxylation is 1. The number of nitrogens with one attached hydrogen (secondary N) is 1. The van der Waals surface area contributed by atoms with Gasteiger partial charge in [0.15, 0.2) is 0 Å². The Kier molecular flexibility index (Phi) is 3.45. The van der Waals surface area contributed by atoms with Crippen LogP contribution in [0.25, 0.3) is 0 Å². The van der Waals surface area contributed by atoms with Crippen molar-refractivity contribution in [3.8, 4) is 0 Å². The lowest BCUT2D eigenvalue weighted by Crippen LogP contribution is -2.15. The molecule has 0 bridgehead atoms. The quantitative estimate of drug-likeness (QED) is 0.735. The van der Waals surface area contributed by atoms with Gasteiger partial charge in [-0.1, -0.05) is 6.92 Å². The second-order valence-electron chi connectivity index (χ2n) is 2.82. The Balaban J connectivity index is 3.00. The van der Waals surface area contributed by atoms with Crippen molar-refractivity contribution in [2.24, 2.45) is 0 Å². The largest absolute Gasteiger partial charge is 0.462 e. The fourth-order valence-electron chi connectivity index (χ4n) is 1.13. The molecule has 1 rings (SSSR count). The van der Waals surface area contributed by atoms with E-state index >= 15 is 0 Å². The monoisotopic (exact) mass is 195 g/mol. The zero-order chi connectivity index (χ0) is 10.6. The number of ether oxygens (including phenoxy) is 1. The second kappa shape index (κ2) is 4.60. The molecule has 1 N–H and O–H groups in total. The predicted octanol–water partition coefficient (Wildman–Crippen LogP) is 1.11. The van der Waals surface area contributed by atoms with Crippen molar-refractivity contribution < 1.29 is 9.53 Å². The molecule has 1 aromatic rings. The van der Waals surface area contributed by atoms with E-state index in [1.54, 1.807) is 13.0 Å². The molecule has 0 atom stereocenters. The molecule has 0 fully saturated rings. The SMILES string of the molecule is CCOC(=O)c1c[nH]c(=O)c(CC)c1. The molecule has 14 heavy (non-hydrogen) atoms. The number of H-pyrrole nitrogens is 1. The Morgan fingerprint density at radius 2 is 2.21 bits per heavy atom. The van der Waals surface area contributed by atoms with Crippen LogP contribution in [0, 0.1) is 0 Å². The maximum absolute atomic E-state index is 11.3. The number of aromatic amines is 1. The molecule has 1 heterocycles. The summed E-state index contributed by atoms with van der Waals surface area (Å²) in [5.74, 6) is -0.404. The topological polar surface area (TPSA) is 59.2 Å². The Morgan fingerprint density at radius 1 is 1.50 bits per heavy atom. The molecule has 0 saturated carbocycles. The first-order valence-electron chi connectivity index (χ1n) is 4.57. The van der Waals surface area contributed by atoms with Crippen LogP contribution in [0.5, 0.6) is 0 Å². The van der Waals surface area contributed by atoms with Gasteiger partial charge in [-0.25, -0.2) is 4.79 Å². The average Bonchev–Trinajstić information content (AvgIpc) is 2.19. The molecule has 0 unspecified atom stereocenters. The van der Waals surface area contributed by atoms with Gasteiger partial charge in [0.25, 0.3) is 5.56 Å². The van der Waals surface area contributed by atoms with E-state index in [2.05, 4.69) is 4.98 Å². The van der Waals surface area contributed by atoms with Crippen molar-refractivity contribution in [1.29, 1.82) is 0 Å². The lowest BCUT2D eigenvalue weighted by atomic mass is 10.1. The van der Waals surface area contributed by atoms with Gasteiger partial charge < -0.3 is 9.72 Å². The maximum atomic E-state index is 11.3. The minimum atomic E-state index is -0.404. The van der Waals surface area contributed by atoms with E-state index in [1.807, 2.05) is 6.92 Å². The molecule has 0 aliphatic heterocycles. The predicted molar refractivity (Wildman–Crippen MR) is 52.4 cm³/mol. The highest BCUT2D eigenvalue weighted by molar-refractivity contribution is 5.89. The van der Waals surface area contributed by atoms with Crippen LogP contribution in [0.15, 0.2) is 17.1 Å². The lowest BCUT2D eigenvalue weighted by molar-refractivity contribution is 0.0525. The highest BCUT2D eigenvalue weighted by Crippen LogP contribution is 2.01. The van der Waals surface area contributed by atoms with Gasteiger partial charge in [-0.05, 0) is 19.4 Å². The first-order chi connectivity index (χ1) is 6.69. The van der Waals surface area contributed by atoms with E-state index in [0.29, 0.717) is 24.2 Å². The van der Waals surface area contributed by atoms with Gasteiger partial charge in [0.05, 0.1) is 12.2 Å². The second-order valence-corrected chi connectivity index (χ2v) is 2.82. The summed E-state index contributed by atoms with van der Waals surface area (Å²) in [5, 5.41) is 0. The van der Waals surface area contributed by atoms with Gasteiger partial charge in [-0.2, -0.15) is 0 Å². The smallest absolute Gasteiger partial charge is 0.339 e. The van der Waals surface area contributed by atoms with Crippen LogP contribution in [0.3, 0.4) is 0 Å². The Morgan fingerprint density at radius 3 is 2.79 bits per heavy atom. The van der Waals surface area contributed by atoms with Gasteiger partial charge in [0, 0.05) is 11.8 Å². The fraction of sp³-hybridized carbons (Fsp3) is 0.400. The molecule has 0 aliphatic carbocycles. The Labute approximate surface area is 81.9 Å². The molecular weight excluding hydrogens is 182 g/mol.